The SMILES string of the molecule is CN(C(=O)Oc1ccc(F)cc1)[C@]1(C(=O)C2CCN(C(=O)[C@@H]3CC(=O)N3)CC2)CNC[C@H]1c1ccc(Cl)c(Cl)c1. The van der Waals surface area contributed by atoms with Gasteiger partial charge in [-0.25, -0.2) is 9.18 Å². The molecule has 0 spiro atoms. The van der Waals surface area contributed by atoms with Crippen molar-refractivity contribution in [3.8, 4) is 5.75 Å². The van der Waals surface area contributed by atoms with Crippen molar-refractivity contribution in [2.75, 3.05) is 33.2 Å². The van der Waals surface area contributed by atoms with Gasteiger partial charge in [0.2, 0.25) is 11.8 Å². The number of ketones is 1. The maximum atomic E-state index is 14.5. The van der Waals surface area contributed by atoms with E-state index >= 15 is 0 Å². The number of nitrogens with zero attached hydrogens (tertiary/aromatic N) is 2. The average molecular weight is 591 g/mol. The van der Waals surface area contributed by atoms with Crippen molar-refractivity contribution in [3.05, 3.63) is 63.9 Å². The Bertz CT molecular complexity index is 1330. The second-order valence-corrected chi connectivity index (χ2v) is 11.3. The number of likely N-dealkylation sites (tertiary alicyclic amines) is 1. The largest absolute Gasteiger partial charge is 0.415 e. The summed E-state index contributed by atoms with van der Waals surface area (Å²) in [6, 6.07) is 9.71. The molecule has 0 aliphatic carbocycles. The third kappa shape index (κ3) is 5.27. The van der Waals surface area contributed by atoms with E-state index in [4.69, 9.17) is 27.9 Å². The number of benzene rings is 2. The molecule has 9 nitrogen and oxygen atoms in total. The number of amides is 3. The summed E-state index contributed by atoms with van der Waals surface area (Å²) in [4.78, 5) is 54.9. The van der Waals surface area contributed by atoms with Gasteiger partial charge in [-0.15, -0.1) is 0 Å². The lowest BCUT2D eigenvalue weighted by atomic mass is 9.72. The van der Waals surface area contributed by atoms with Crippen molar-refractivity contribution in [1.82, 2.24) is 20.4 Å². The third-order valence-corrected chi connectivity index (χ3v) is 8.92. The van der Waals surface area contributed by atoms with Gasteiger partial charge in [-0.1, -0.05) is 29.3 Å². The van der Waals surface area contributed by atoms with Crippen LogP contribution < -0.4 is 15.4 Å². The standard InChI is InChI=1S/C28H29Cl2FN4O5/c1-34(27(39)40-19-5-3-18(31)4-6-19)28(15-32-14-20(28)17-2-7-21(29)22(30)12-17)25(37)16-8-10-35(11-9-16)26(38)23-13-24(36)33-23/h2-7,12,16,20,23,32H,8-11,13-15H2,1H3,(H,33,36)/t20-,23-,28+/m0/s1. The molecule has 3 aliphatic heterocycles. The second kappa shape index (κ2) is 11.3. The van der Waals surface area contributed by atoms with E-state index in [0.717, 1.165) is 5.56 Å². The normalized spacial score (nSPS) is 24.7. The monoisotopic (exact) mass is 590 g/mol. The highest BCUT2D eigenvalue weighted by Crippen LogP contribution is 2.42. The fourth-order valence-corrected chi connectivity index (χ4v) is 6.18. The van der Waals surface area contributed by atoms with E-state index in [2.05, 4.69) is 10.6 Å². The van der Waals surface area contributed by atoms with Gasteiger partial charge in [0.1, 0.15) is 23.1 Å². The number of hydrogen-bond donors (Lipinski definition) is 2. The van der Waals surface area contributed by atoms with Crippen molar-refractivity contribution in [3.63, 3.8) is 0 Å². The predicted octanol–water partition coefficient (Wildman–Crippen LogP) is 3.39. The van der Waals surface area contributed by atoms with E-state index in [1.807, 2.05) is 0 Å². The number of nitrogens with one attached hydrogen (secondary N) is 2. The first kappa shape index (κ1) is 28.3. The smallest absolute Gasteiger partial charge is 0.410 e. The van der Waals surface area contributed by atoms with Gasteiger partial charge in [0.05, 0.1) is 16.5 Å². The Labute approximate surface area is 240 Å². The average Bonchev–Trinajstić information content (AvgIpc) is 3.39. The highest BCUT2D eigenvalue weighted by molar-refractivity contribution is 6.42. The minimum atomic E-state index is -1.33. The van der Waals surface area contributed by atoms with Crippen LogP contribution in [0.15, 0.2) is 42.5 Å². The molecule has 2 aromatic carbocycles. The molecule has 2 aromatic rings. The van der Waals surface area contributed by atoms with Gasteiger partial charge in [-0.2, -0.15) is 0 Å². The van der Waals surface area contributed by atoms with E-state index in [0.29, 0.717) is 42.5 Å². The summed E-state index contributed by atoms with van der Waals surface area (Å²) in [5.74, 6) is -1.65. The summed E-state index contributed by atoms with van der Waals surface area (Å²) in [6.45, 7) is 1.31. The molecule has 5 rings (SSSR count). The Morgan fingerprint density at radius 1 is 1.07 bits per heavy atom. The lowest BCUT2D eigenvalue weighted by molar-refractivity contribution is -0.145. The number of carbonyl (C=O) groups excluding carboxylic acids is 4. The van der Waals surface area contributed by atoms with Crippen LogP contribution in [-0.2, 0) is 14.4 Å². The molecule has 12 heteroatoms. The minimum absolute atomic E-state index is 0.142. The number of hydrogen-bond acceptors (Lipinski definition) is 6. The summed E-state index contributed by atoms with van der Waals surface area (Å²) < 4.78 is 18.9. The van der Waals surface area contributed by atoms with E-state index in [1.165, 1.54) is 36.2 Å². The predicted molar refractivity (Wildman–Crippen MR) is 146 cm³/mol. The number of halogens is 3. The van der Waals surface area contributed by atoms with Crippen LogP contribution in [0.5, 0.6) is 5.75 Å². The Kier molecular flexibility index (Phi) is 8.03. The summed E-state index contributed by atoms with van der Waals surface area (Å²) in [7, 11) is 1.53. The van der Waals surface area contributed by atoms with Crippen LogP contribution in [0.4, 0.5) is 9.18 Å². The highest BCUT2D eigenvalue weighted by Gasteiger charge is 2.56. The van der Waals surface area contributed by atoms with Crippen LogP contribution in [0.25, 0.3) is 0 Å². The second-order valence-electron chi connectivity index (χ2n) is 10.5. The Morgan fingerprint density at radius 3 is 2.38 bits per heavy atom. The first-order chi connectivity index (χ1) is 19.1. The van der Waals surface area contributed by atoms with Gasteiger partial charge < -0.3 is 20.3 Å². The summed E-state index contributed by atoms with van der Waals surface area (Å²) in [5.41, 5.74) is -0.588. The van der Waals surface area contributed by atoms with Crippen molar-refractivity contribution in [2.24, 2.45) is 5.92 Å². The number of rotatable bonds is 6. The lowest BCUT2D eigenvalue weighted by Crippen LogP contribution is -2.63. The molecule has 0 radical (unpaired) electrons. The number of likely N-dealkylation sites (N-methyl/N-ethyl adjacent to an activating group) is 1. The van der Waals surface area contributed by atoms with Gasteiger partial charge >= 0.3 is 6.09 Å². The lowest BCUT2D eigenvalue weighted by Gasteiger charge is -2.44. The van der Waals surface area contributed by atoms with Crippen molar-refractivity contribution in [2.45, 2.75) is 36.8 Å². The van der Waals surface area contributed by atoms with Crippen LogP contribution in [0.3, 0.4) is 0 Å². The minimum Gasteiger partial charge on any atom is -0.410 e. The zero-order valence-electron chi connectivity index (χ0n) is 21.8. The van der Waals surface area contributed by atoms with Gasteiger partial charge in [0.15, 0.2) is 5.78 Å². The van der Waals surface area contributed by atoms with E-state index in [9.17, 15) is 23.6 Å². The van der Waals surface area contributed by atoms with Gasteiger partial charge in [0.25, 0.3) is 0 Å². The Hall–Kier alpha value is -3.21. The zero-order chi connectivity index (χ0) is 28.6. The van der Waals surface area contributed by atoms with Crippen LogP contribution >= 0.6 is 23.2 Å². The van der Waals surface area contributed by atoms with Crippen LogP contribution in [0, 0.1) is 11.7 Å². The van der Waals surface area contributed by atoms with Crippen LogP contribution in [-0.4, -0.2) is 78.3 Å². The number of β-lactam (4-membered cyclic amide) rings is 1. The summed E-state index contributed by atoms with van der Waals surface area (Å²) in [5, 5.41) is 6.59. The molecule has 3 amide bonds. The van der Waals surface area contributed by atoms with Crippen LogP contribution in [0.2, 0.25) is 10.0 Å². The molecule has 0 bridgehead atoms. The Morgan fingerprint density at radius 2 is 1.75 bits per heavy atom. The fraction of sp³-hybridized carbons (Fsp3) is 0.429. The molecule has 2 N–H and O–H groups in total. The molecule has 0 aromatic heterocycles. The number of carbonyl (C=O) groups is 4. The van der Waals surface area contributed by atoms with Crippen molar-refractivity contribution < 1.29 is 28.3 Å². The molecule has 3 heterocycles. The van der Waals surface area contributed by atoms with E-state index < -0.39 is 35.3 Å². The molecule has 3 atom stereocenters. The van der Waals surface area contributed by atoms with Crippen molar-refractivity contribution >= 4 is 46.9 Å². The van der Waals surface area contributed by atoms with E-state index in [-0.39, 0.29) is 36.3 Å². The van der Waals surface area contributed by atoms with Crippen LogP contribution in [0.1, 0.15) is 30.7 Å². The van der Waals surface area contributed by atoms with Gasteiger partial charge in [-0.05, 0) is 54.8 Å². The van der Waals surface area contributed by atoms with E-state index in [1.54, 1.807) is 23.1 Å². The molecule has 0 unspecified atom stereocenters. The molecule has 3 aliphatic rings. The molecule has 212 valence electrons. The van der Waals surface area contributed by atoms with Gasteiger partial charge in [-0.3, -0.25) is 19.3 Å². The van der Waals surface area contributed by atoms with Gasteiger partial charge in [0, 0.05) is 45.1 Å². The molecule has 0 saturated carbocycles. The number of ether oxygens (including phenoxy) is 1. The zero-order valence-corrected chi connectivity index (χ0v) is 23.3. The van der Waals surface area contributed by atoms with Crippen molar-refractivity contribution in [1.29, 1.82) is 0 Å². The molecular formula is C28H29Cl2FN4O5. The topological polar surface area (TPSA) is 108 Å². The maximum absolute atomic E-state index is 14.5. The number of piperidine rings is 1. The maximum Gasteiger partial charge on any atom is 0.415 e. The molecular weight excluding hydrogens is 562 g/mol. The quantitative estimate of drug-likeness (QED) is 0.499. The summed E-state index contributed by atoms with van der Waals surface area (Å²) in [6.07, 6.45) is 0.255. The fourth-order valence-electron chi connectivity index (χ4n) is 5.88. The molecule has 3 saturated heterocycles. The number of Topliss-reactive ketones (excluding diaryl/α,β-unsaturated/α-hetero) is 1. The molecule has 40 heavy (non-hydrogen) atoms. The first-order valence-corrected chi connectivity index (χ1v) is 13.8. The first-order valence-electron chi connectivity index (χ1n) is 13.1. The Balaban J connectivity index is 1.41. The summed E-state index contributed by atoms with van der Waals surface area (Å²) >= 11 is 12.5. The third-order valence-electron chi connectivity index (χ3n) is 8.18. The molecule has 3 fully saturated rings. The highest BCUT2D eigenvalue weighted by atomic mass is 35.5.